The van der Waals surface area contributed by atoms with Crippen molar-refractivity contribution in [3.63, 3.8) is 0 Å². The van der Waals surface area contributed by atoms with E-state index in [2.05, 4.69) is 5.32 Å². The minimum Gasteiger partial charge on any atom is -0.379 e. The number of urea groups is 1. The van der Waals surface area contributed by atoms with Crippen molar-refractivity contribution in [3.05, 3.63) is 30.3 Å². The number of nitrogens with zero attached hydrogens (tertiary/aromatic N) is 2. The first-order chi connectivity index (χ1) is 11.5. The lowest BCUT2D eigenvalue weighted by Crippen LogP contribution is -2.59. The molecular weight excluding hydrogens is 306 g/mol. The fraction of sp³-hybridized carbons (Fsp3) is 0.556. The highest BCUT2D eigenvalue weighted by Gasteiger charge is 2.34. The van der Waals surface area contributed by atoms with Gasteiger partial charge in [0.15, 0.2) is 0 Å². The second-order valence-electron chi connectivity index (χ2n) is 6.20. The van der Waals surface area contributed by atoms with E-state index in [-0.39, 0.29) is 18.0 Å². The van der Waals surface area contributed by atoms with E-state index >= 15 is 0 Å². The molecule has 1 saturated heterocycles. The molecule has 2 rings (SSSR count). The molecule has 0 radical (unpaired) electrons. The molecule has 1 aliphatic rings. The van der Waals surface area contributed by atoms with E-state index in [9.17, 15) is 9.59 Å². The van der Waals surface area contributed by atoms with E-state index in [1.54, 1.807) is 16.7 Å². The van der Waals surface area contributed by atoms with Crippen LogP contribution < -0.4 is 10.2 Å². The quantitative estimate of drug-likeness (QED) is 0.812. The van der Waals surface area contributed by atoms with Crippen LogP contribution in [-0.2, 0) is 9.53 Å². The number of ether oxygens (including phenoxy) is 1. The van der Waals surface area contributed by atoms with Gasteiger partial charge in [-0.05, 0) is 39.3 Å². The predicted molar refractivity (Wildman–Crippen MR) is 94.1 cm³/mol. The lowest BCUT2D eigenvalue weighted by atomic mass is 10.1. The first-order valence-corrected chi connectivity index (χ1v) is 8.53. The van der Waals surface area contributed by atoms with E-state index in [1.165, 1.54) is 0 Å². The zero-order valence-corrected chi connectivity index (χ0v) is 14.7. The molecule has 0 bridgehead atoms. The molecular formula is C18H27N3O3. The van der Waals surface area contributed by atoms with Gasteiger partial charge in [-0.1, -0.05) is 18.2 Å². The molecule has 0 unspecified atom stereocenters. The zero-order chi connectivity index (χ0) is 17.5. The lowest BCUT2D eigenvalue weighted by Gasteiger charge is -2.39. The smallest absolute Gasteiger partial charge is 0.318 e. The van der Waals surface area contributed by atoms with E-state index in [0.717, 1.165) is 12.1 Å². The molecule has 0 saturated carbocycles. The first-order valence-electron chi connectivity index (χ1n) is 8.53. The van der Waals surface area contributed by atoms with Gasteiger partial charge in [-0.2, -0.15) is 0 Å². The van der Waals surface area contributed by atoms with Gasteiger partial charge in [-0.3, -0.25) is 4.79 Å². The molecule has 1 aromatic rings. The Morgan fingerprint density at radius 2 is 2.00 bits per heavy atom. The van der Waals surface area contributed by atoms with Crippen molar-refractivity contribution in [2.45, 2.75) is 39.3 Å². The van der Waals surface area contributed by atoms with Crippen LogP contribution >= 0.6 is 0 Å². The number of anilines is 1. The van der Waals surface area contributed by atoms with Crippen LogP contribution in [0.25, 0.3) is 0 Å². The fourth-order valence-corrected chi connectivity index (χ4v) is 2.70. The van der Waals surface area contributed by atoms with Crippen LogP contribution in [0.5, 0.6) is 0 Å². The maximum absolute atomic E-state index is 12.6. The third-order valence-corrected chi connectivity index (χ3v) is 4.03. The Kier molecular flexibility index (Phi) is 6.61. The van der Waals surface area contributed by atoms with Crippen molar-refractivity contribution in [2.24, 2.45) is 0 Å². The van der Waals surface area contributed by atoms with E-state index < -0.39 is 6.04 Å². The number of piperazine rings is 1. The predicted octanol–water partition coefficient (Wildman–Crippen LogP) is 2.25. The second kappa shape index (κ2) is 8.68. The fourth-order valence-electron chi connectivity index (χ4n) is 2.70. The van der Waals surface area contributed by atoms with Gasteiger partial charge >= 0.3 is 6.03 Å². The Morgan fingerprint density at radius 3 is 2.67 bits per heavy atom. The van der Waals surface area contributed by atoms with Crippen molar-refractivity contribution in [3.8, 4) is 0 Å². The molecule has 132 valence electrons. The number of para-hydroxylation sites is 1. The van der Waals surface area contributed by atoms with Crippen LogP contribution in [0.15, 0.2) is 30.3 Å². The minimum atomic E-state index is -0.467. The summed E-state index contributed by atoms with van der Waals surface area (Å²) in [5, 5.41) is 2.87. The van der Waals surface area contributed by atoms with Crippen LogP contribution in [0.3, 0.4) is 0 Å². The molecule has 3 amide bonds. The summed E-state index contributed by atoms with van der Waals surface area (Å²) in [6.45, 7) is 7.95. The average Bonchev–Trinajstić information content (AvgIpc) is 2.57. The van der Waals surface area contributed by atoms with Gasteiger partial charge in [-0.25, -0.2) is 4.79 Å². The van der Waals surface area contributed by atoms with Crippen LogP contribution in [-0.4, -0.2) is 55.2 Å². The van der Waals surface area contributed by atoms with Crippen molar-refractivity contribution in [1.29, 1.82) is 0 Å². The topological polar surface area (TPSA) is 61.9 Å². The summed E-state index contributed by atoms with van der Waals surface area (Å²) >= 11 is 0. The molecule has 1 N–H and O–H groups in total. The number of carbonyl (C=O) groups excluding carboxylic acids is 2. The van der Waals surface area contributed by atoms with E-state index in [1.807, 2.05) is 44.2 Å². The third-order valence-electron chi connectivity index (χ3n) is 4.03. The largest absolute Gasteiger partial charge is 0.379 e. The summed E-state index contributed by atoms with van der Waals surface area (Å²) in [6.07, 6.45) is 0.959. The molecule has 0 aliphatic carbocycles. The molecule has 6 nitrogen and oxygen atoms in total. The Labute approximate surface area is 143 Å². The maximum Gasteiger partial charge on any atom is 0.318 e. The third kappa shape index (κ3) is 4.71. The monoisotopic (exact) mass is 333 g/mol. The highest BCUT2D eigenvalue weighted by molar-refractivity contribution is 5.99. The number of carbonyl (C=O) groups is 2. The van der Waals surface area contributed by atoms with Gasteiger partial charge < -0.3 is 19.9 Å². The molecule has 1 atom stereocenters. The molecule has 1 aromatic carbocycles. The zero-order valence-electron chi connectivity index (χ0n) is 14.7. The van der Waals surface area contributed by atoms with Crippen LogP contribution in [0.2, 0.25) is 0 Å². The summed E-state index contributed by atoms with van der Waals surface area (Å²) in [5.41, 5.74) is 0.875. The lowest BCUT2D eigenvalue weighted by molar-refractivity contribution is -0.124. The van der Waals surface area contributed by atoms with Gasteiger partial charge in [0, 0.05) is 31.9 Å². The highest BCUT2D eigenvalue weighted by Crippen LogP contribution is 2.19. The van der Waals surface area contributed by atoms with Gasteiger partial charge in [0.05, 0.1) is 6.10 Å². The van der Waals surface area contributed by atoms with Crippen LogP contribution in [0, 0.1) is 0 Å². The number of rotatable bonds is 6. The molecule has 0 spiro atoms. The summed E-state index contributed by atoms with van der Waals surface area (Å²) in [6, 6.07) is 8.91. The second-order valence-corrected chi connectivity index (χ2v) is 6.20. The standard InChI is InChI=1S/C18H27N3O3/c1-14(2)24-13-7-10-19-18(23)20-11-12-21(17(22)15(20)3)16-8-5-4-6-9-16/h4-6,8-9,14-15H,7,10-13H2,1-3H3,(H,19,23)/t15-/m0/s1. The molecule has 1 aliphatic heterocycles. The van der Waals surface area contributed by atoms with Crippen molar-refractivity contribution in [2.75, 3.05) is 31.1 Å². The van der Waals surface area contributed by atoms with E-state index in [4.69, 9.17) is 4.74 Å². The molecule has 1 heterocycles. The molecule has 6 heteroatoms. The van der Waals surface area contributed by atoms with Crippen molar-refractivity contribution in [1.82, 2.24) is 10.2 Å². The number of hydrogen-bond donors (Lipinski definition) is 1. The Morgan fingerprint density at radius 1 is 1.29 bits per heavy atom. The Balaban J connectivity index is 1.83. The van der Waals surface area contributed by atoms with Crippen molar-refractivity contribution >= 4 is 17.6 Å². The van der Waals surface area contributed by atoms with Gasteiger partial charge in [0.1, 0.15) is 6.04 Å². The summed E-state index contributed by atoms with van der Waals surface area (Å²) in [7, 11) is 0. The molecule has 0 aromatic heterocycles. The average molecular weight is 333 g/mol. The number of hydrogen-bond acceptors (Lipinski definition) is 3. The van der Waals surface area contributed by atoms with Gasteiger partial charge in [0.2, 0.25) is 5.91 Å². The van der Waals surface area contributed by atoms with Crippen molar-refractivity contribution < 1.29 is 14.3 Å². The summed E-state index contributed by atoms with van der Waals surface area (Å²) < 4.78 is 5.44. The van der Waals surface area contributed by atoms with E-state index in [0.29, 0.717) is 26.2 Å². The first kappa shape index (κ1) is 18.3. The van der Waals surface area contributed by atoms with Crippen LogP contribution in [0.1, 0.15) is 27.2 Å². The number of benzene rings is 1. The normalized spacial score (nSPS) is 18.2. The number of amides is 3. The Bertz CT molecular complexity index is 548. The minimum absolute atomic E-state index is 0.0502. The summed E-state index contributed by atoms with van der Waals surface area (Å²) in [5.74, 6) is -0.0502. The SMILES string of the molecule is CC(C)OCCCNC(=O)N1CCN(c2ccccc2)C(=O)[C@@H]1C. The van der Waals surface area contributed by atoms with Gasteiger partial charge in [-0.15, -0.1) is 0 Å². The number of nitrogens with one attached hydrogen (secondary N) is 1. The van der Waals surface area contributed by atoms with Gasteiger partial charge in [0.25, 0.3) is 0 Å². The molecule has 24 heavy (non-hydrogen) atoms. The highest BCUT2D eigenvalue weighted by atomic mass is 16.5. The summed E-state index contributed by atoms with van der Waals surface area (Å²) in [4.78, 5) is 28.2. The molecule has 1 fully saturated rings. The van der Waals surface area contributed by atoms with Crippen LogP contribution in [0.4, 0.5) is 10.5 Å². The Hall–Kier alpha value is -2.08. The maximum atomic E-state index is 12.6.